The topological polar surface area (TPSA) is 42.7 Å². The summed E-state index contributed by atoms with van der Waals surface area (Å²) in [6.07, 6.45) is 6.52. The zero-order chi connectivity index (χ0) is 13.0. The van der Waals surface area contributed by atoms with Crippen molar-refractivity contribution >= 4 is 0 Å². The van der Waals surface area contributed by atoms with E-state index in [1.165, 1.54) is 12.3 Å². The number of hydrogen-bond acceptors (Lipinski definition) is 3. The molecule has 18 heavy (non-hydrogen) atoms. The van der Waals surface area contributed by atoms with Crippen LogP contribution in [0, 0.1) is 5.82 Å². The lowest BCUT2D eigenvalue weighted by Gasteiger charge is -2.10. The molecule has 0 atom stereocenters. The van der Waals surface area contributed by atoms with Crippen LogP contribution in [0.5, 0.6) is 0 Å². The Balaban J connectivity index is 2.07. The van der Waals surface area contributed by atoms with Crippen LogP contribution in [-0.2, 0) is 13.1 Å². The minimum atomic E-state index is -0.311. The van der Waals surface area contributed by atoms with E-state index in [1.54, 1.807) is 12.4 Å². The second-order valence-electron chi connectivity index (χ2n) is 4.52. The van der Waals surface area contributed by atoms with Gasteiger partial charge in [-0.3, -0.25) is 4.98 Å². The lowest BCUT2D eigenvalue weighted by Crippen LogP contribution is -2.24. The Morgan fingerprint density at radius 3 is 2.94 bits per heavy atom. The summed E-state index contributed by atoms with van der Waals surface area (Å²) in [5.74, 6) is 0.627. The fourth-order valence-electron chi connectivity index (χ4n) is 1.69. The van der Waals surface area contributed by atoms with Crippen LogP contribution in [0.1, 0.15) is 25.2 Å². The van der Waals surface area contributed by atoms with E-state index in [9.17, 15) is 4.39 Å². The largest absolute Gasteiger partial charge is 0.329 e. The summed E-state index contributed by atoms with van der Waals surface area (Å²) in [7, 11) is 0. The maximum atomic E-state index is 13.1. The zero-order valence-electron chi connectivity index (χ0n) is 10.6. The van der Waals surface area contributed by atoms with Crippen molar-refractivity contribution < 1.29 is 4.39 Å². The first kappa shape index (κ1) is 12.7. The molecule has 0 unspecified atom stereocenters. The molecule has 0 spiro atoms. The summed E-state index contributed by atoms with van der Waals surface area (Å²) >= 11 is 0. The van der Waals surface area contributed by atoms with Crippen molar-refractivity contribution in [2.24, 2.45) is 0 Å². The molecule has 0 aliphatic heterocycles. The Hall–Kier alpha value is -1.75. The molecule has 2 rings (SSSR count). The van der Waals surface area contributed by atoms with Gasteiger partial charge >= 0.3 is 0 Å². The maximum absolute atomic E-state index is 13.1. The highest BCUT2D eigenvalue weighted by Gasteiger charge is 2.05. The SMILES string of the molecule is CC(C)NCc1nccn1Cc1cncc(F)c1. The van der Waals surface area contributed by atoms with E-state index in [1.807, 2.05) is 10.8 Å². The molecule has 0 aliphatic rings. The maximum Gasteiger partial charge on any atom is 0.141 e. The molecule has 4 nitrogen and oxygen atoms in total. The standard InChI is InChI=1S/C13H17FN4/c1-10(2)17-8-13-16-3-4-18(13)9-11-5-12(14)7-15-6-11/h3-7,10,17H,8-9H2,1-2H3. The van der Waals surface area contributed by atoms with Gasteiger partial charge in [0.1, 0.15) is 11.6 Å². The molecule has 2 aromatic rings. The van der Waals surface area contributed by atoms with Crippen molar-refractivity contribution in [3.8, 4) is 0 Å². The van der Waals surface area contributed by atoms with Gasteiger partial charge in [-0.05, 0) is 11.6 Å². The highest BCUT2D eigenvalue weighted by molar-refractivity contribution is 5.11. The number of nitrogens with zero attached hydrogens (tertiary/aromatic N) is 3. The molecule has 1 N–H and O–H groups in total. The quantitative estimate of drug-likeness (QED) is 0.879. The third-order valence-corrected chi connectivity index (χ3v) is 2.58. The van der Waals surface area contributed by atoms with Gasteiger partial charge < -0.3 is 9.88 Å². The van der Waals surface area contributed by atoms with E-state index in [2.05, 4.69) is 29.1 Å². The van der Waals surface area contributed by atoms with E-state index in [4.69, 9.17) is 0 Å². The molecule has 0 aromatic carbocycles. The molecule has 0 saturated carbocycles. The van der Waals surface area contributed by atoms with Gasteiger partial charge in [0.05, 0.1) is 19.3 Å². The van der Waals surface area contributed by atoms with Crippen molar-refractivity contribution in [1.82, 2.24) is 19.9 Å². The fourth-order valence-corrected chi connectivity index (χ4v) is 1.69. The van der Waals surface area contributed by atoms with E-state index >= 15 is 0 Å². The van der Waals surface area contributed by atoms with Gasteiger partial charge in [-0.2, -0.15) is 0 Å². The molecule has 0 fully saturated rings. The second-order valence-corrected chi connectivity index (χ2v) is 4.52. The van der Waals surface area contributed by atoms with E-state index in [0.717, 1.165) is 11.4 Å². The lowest BCUT2D eigenvalue weighted by atomic mass is 10.3. The van der Waals surface area contributed by atoms with Crippen molar-refractivity contribution in [2.45, 2.75) is 33.0 Å². The number of imidazole rings is 1. The summed E-state index contributed by atoms with van der Waals surface area (Å²) in [5.41, 5.74) is 0.832. The second kappa shape index (κ2) is 5.73. The van der Waals surface area contributed by atoms with Crippen LogP contribution in [0.15, 0.2) is 30.9 Å². The molecule has 0 bridgehead atoms. The molecule has 96 valence electrons. The minimum absolute atomic E-state index is 0.311. The van der Waals surface area contributed by atoms with Gasteiger partial charge in [-0.1, -0.05) is 13.8 Å². The molecule has 5 heteroatoms. The average Bonchev–Trinajstić information content (AvgIpc) is 2.74. The van der Waals surface area contributed by atoms with E-state index < -0.39 is 0 Å². The Labute approximate surface area is 106 Å². The van der Waals surface area contributed by atoms with Gasteiger partial charge in [0.25, 0.3) is 0 Å². The lowest BCUT2D eigenvalue weighted by molar-refractivity contribution is 0.553. The first-order valence-electron chi connectivity index (χ1n) is 5.98. The number of nitrogens with one attached hydrogen (secondary N) is 1. The summed E-state index contributed by atoms with van der Waals surface area (Å²) in [4.78, 5) is 8.14. The van der Waals surface area contributed by atoms with Crippen molar-refractivity contribution in [3.63, 3.8) is 0 Å². The normalized spacial score (nSPS) is 11.1. The van der Waals surface area contributed by atoms with E-state index in [0.29, 0.717) is 19.1 Å². The number of pyridine rings is 1. The van der Waals surface area contributed by atoms with Gasteiger partial charge in [-0.25, -0.2) is 9.37 Å². The van der Waals surface area contributed by atoms with Crippen LogP contribution in [0.2, 0.25) is 0 Å². The highest BCUT2D eigenvalue weighted by atomic mass is 19.1. The van der Waals surface area contributed by atoms with Crippen LogP contribution in [-0.4, -0.2) is 20.6 Å². The monoisotopic (exact) mass is 248 g/mol. The molecule has 0 amide bonds. The van der Waals surface area contributed by atoms with Gasteiger partial charge in [0.2, 0.25) is 0 Å². The Morgan fingerprint density at radius 1 is 1.39 bits per heavy atom. The summed E-state index contributed by atoms with van der Waals surface area (Å²) in [5, 5.41) is 3.31. The predicted octanol–water partition coefficient (Wildman–Crippen LogP) is 1.96. The zero-order valence-corrected chi connectivity index (χ0v) is 10.6. The fraction of sp³-hybridized carbons (Fsp3) is 0.385. The summed E-state index contributed by atoms with van der Waals surface area (Å²) in [6, 6.07) is 1.90. The number of halogens is 1. The van der Waals surface area contributed by atoms with E-state index in [-0.39, 0.29) is 5.82 Å². The summed E-state index contributed by atoms with van der Waals surface area (Å²) in [6.45, 7) is 5.46. The Bertz CT molecular complexity index is 507. The minimum Gasteiger partial charge on any atom is -0.329 e. The predicted molar refractivity (Wildman–Crippen MR) is 67.5 cm³/mol. The molecule has 2 heterocycles. The van der Waals surface area contributed by atoms with Crippen LogP contribution in [0.3, 0.4) is 0 Å². The Morgan fingerprint density at radius 2 is 2.22 bits per heavy atom. The average molecular weight is 248 g/mol. The third kappa shape index (κ3) is 3.37. The number of aromatic nitrogens is 3. The van der Waals surface area contributed by atoms with Crippen LogP contribution < -0.4 is 5.32 Å². The smallest absolute Gasteiger partial charge is 0.141 e. The molecular formula is C13H17FN4. The number of hydrogen-bond donors (Lipinski definition) is 1. The number of rotatable bonds is 5. The van der Waals surface area contributed by atoms with Gasteiger partial charge in [-0.15, -0.1) is 0 Å². The highest BCUT2D eigenvalue weighted by Crippen LogP contribution is 2.06. The third-order valence-electron chi connectivity index (χ3n) is 2.58. The van der Waals surface area contributed by atoms with Crippen LogP contribution >= 0.6 is 0 Å². The molecule has 0 aliphatic carbocycles. The van der Waals surface area contributed by atoms with Gasteiger partial charge in [0.15, 0.2) is 0 Å². The Kier molecular flexibility index (Phi) is 4.04. The molecule has 2 aromatic heterocycles. The van der Waals surface area contributed by atoms with Crippen LogP contribution in [0.4, 0.5) is 4.39 Å². The first-order chi connectivity index (χ1) is 8.65. The molecule has 0 radical (unpaired) electrons. The molecular weight excluding hydrogens is 231 g/mol. The van der Waals surface area contributed by atoms with Gasteiger partial charge in [0, 0.05) is 24.6 Å². The molecule has 0 saturated heterocycles. The van der Waals surface area contributed by atoms with Crippen molar-refractivity contribution in [2.75, 3.05) is 0 Å². The van der Waals surface area contributed by atoms with Crippen molar-refractivity contribution in [1.29, 1.82) is 0 Å². The first-order valence-corrected chi connectivity index (χ1v) is 5.98. The van der Waals surface area contributed by atoms with Crippen LogP contribution in [0.25, 0.3) is 0 Å². The summed E-state index contributed by atoms with van der Waals surface area (Å²) < 4.78 is 15.0. The van der Waals surface area contributed by atoms with Crippen molar-refractivity contribution in [3.05, 3.63) is 48.1 Å².